The fourth-order valence-electron chi connectivity index (χ4n) is 7.65. The Bertz CT molecular complexity index is 1510. The normalized spacial score (nSPS) is 26.0. The highest BCUT2D eigenvalue weighted by Crippen LogP contribution is 2.61. The molecule has 0 bridgehead atoms. The monoisotopic (exact) mass is 443 g/mol. The van der Waals surface area contributed by atoms with Crippen LogP contribution < -0.4 is 21.3 Å². The quantitative estimate of drug-likeness (QED) is 0.275. The van der Waals surface area contributed by atoms with Crippen LogP contribution in [0.2, 0.25) is 0 Å². The standard InChI is InChI=1S/C30H26BNS/c1-29-15-5-6-16-30(29,2)32-24-13-8-14-25-27(24)31(22-12-7-11-21(29)28(22)32)23-17-19-9-3-4-10-20(19)18-26(23)33-25/h3-4,7-14,17-18H,5-6,15-16H2,1-2H3. The second kappa shape index (κ2) is 6.07. The molecule has 1 aliphatic carbocycles. The number of benzene rings is 4. The molecule has 0 radical (unpaired) electrons. The highest BCUT2D eigenvalue weighted by molar-refractivity contribution is 8.00. The first kappa shape index (κ1) is 18.7. The number of anilines is 2. The molecule has 0 aromatic heterocycles. The number of rotatable bonds is 0. The van der Waals surface area contributed by atoms with Crippen LogP contribution >= 0.6 is 11.8 Å². The summed E-state index contributed by atoms with van der Waals surface area (Å²) in [5, 5.41) is 2.69. The Morgan fingerprint density at radius 2 is 1.58 bits per heavy atom. The van der Waals surface area contributed by atoms with Crippen LogP contribution in [0.25, 0.3) is 10.8 Å². The van der Waals surface area contributed by atoms with Crippen molar-refractivity contribution in [3.8, 4) is 0 Å². The number of para-hydroxylation sites is 1. The van der Waals surface area contributed by atoms with Crippen LogP contribution in [-0.2, 0) is 5.41 Å². The largest absolute Gasteiger partial charge is 0.335 e. The predicted molar refractivity (Wildman–Crippen MR) is 142 cm³/mol. The Kier molecular flexibility index (Phi) is 3.45. The number of hydrogen-bond donors (Lipinski definition) is 0. The average molecular weight is 443 g/mol. The van der Waals surface area contributed by atoms with Crippen LogP contribution in [-0.4, -0.2) is 12.3 Å². The van der Waals surface area contributed by atoms with Gasteiger partial charge in [0.25, 0.3) is 0 Å². The van der Waals surface area contributed by atoms with E-state index in [-0.39, 0.29) is 11.0 Å². The maximum Gasteiger partial charge on any atom is 0.249 e. The van der Waals surface area contributed by atoms with E-state index in [9.17, 15) is 0 Å². The first-order chi connectivity index (χ1) is 16.1. The number of fused-ring (bicyclic) bond motifs is 8. The van der Waals surface area contributed by atoms with Crippen molar-refractivity contribution >= 4 is 57.0 Å². The van der Waals surface area contributed by atoms with Crippen LogP contribution in [0.4, 0.5) is 11.4 Å². The molecule has 4 aliphatic rings. The predicted octanol–water partition coefficient (Wildman–Crippen LogP) is 5.88. The van der Waals surface area contributed by atoms with Gasteiger partial charge in [-0.15, -0.1) is 0 Å². The van der Waals surface area contributed by atoms with Gasteiger partial charge in [0.1, 0.15) is 0 Å². The summed E-state index contributed by atoms with van der Waals surface area (Å²) in [7, 11) is 0. The van der Waals surface area contributed by atoms with Crippen molar-refractivity contribution in [1.29, 1.82) is 0 Å². The Labute approximate surface area is 200 Å². The zero-order valence-electron chi connectivity index (χ0n) is 19.2. The van der Waals surface area contributed by atoms with E-state index in [1.54, 1.807) is 5.56 Å². The molecule has 8 rings (SSSR count). The maximum atomic E-state index is 2.79. The summed E-state index contributed by atoms with van der Waals surface area (Å²) in [5.41, 5.74) is 9.43. The fraction of sp³-hybridized carbons (Fsp3) is 0.267. The van der Waals surface area contributed by atoms with Gasteiger partial charge in [-0.05, 0) is 65.2 Å². The molecule has 33 heavy (non-hydrogen) atoms. The van der Waals surface area contributed by atoms with Crippen molar-refractivity contribution in [2.24, 2.45) is 0 Å². The molecule has 4 aromatic rings. The van der Waals surface area contributed by atoms with E-state index >= 15 is 0 Å². The zero-order chi connectivity index (χ0) is 21.9. The third kappa shape index (κ3) is 2.10. The summed E-state index contributed by atoms with van der Waals surface area (Å²) < 4.78 is 0. The van der Waals surface area contributed by atoms with Crippen molar-refractivity contribution in [1.82, 2.24) is 0 Å². The Morgan fingerprint density at radius 1 is 0.788 bits per heavy atom. The molecule has 1 nitrogen and oxygen atoms in total. The second-order valence-electron chi connectivity index (χ2n) is 10.9. The molecular weight excluding hydrogens is 417 g/mol. The SMILES string of the molecule is CC12CCCCC1(C)N1c3cccc4c3B(c3cc5ccccc5cc3S4)c3cccc2c31. The molecule has 160 valence electrons. The molecule has 1 fully saturated rings. The molecule has 0 N–H and O–H groups in total. The summed E-state index contributed by atoms with van der Waals surface area (Å²) in [6.07, 6.45) is 5.21. The van der Waals surface area contributed by atoms with Gasteiger partial charge in [-0.3, -0.25) is 0 Å². The first-order valence-electron chi connectivity index (χ1n) is 12.4. The molecule has 0 amide bonds. The molecule has 3 heterocycles. The minimum absolute atomic E-state index is 0.137. The Balaban J connectivity index is 1.49. The van der Waals surface area contributed by atoms with Gasteiger partial charge in [0.05, 0.1) is 5.54 Å². The zero-order valence-corrected chi connectivity index (χ0v) is 20.0. The number of nitrogens with zero attached hydrogens (tertiary/aromatic N) is 1. The van der Waals surface area contributed by atoms with E-state index in [1.165, 1.54) is 74.0 Å². The van der Waals surface area contributed by atoms with Gasteiger partial charge in [-0.25, -0.2) is 0 Å². The molecule has 2 unspecified atom stereocenters. The molecule has 0 spiro atoms. The van der Waals surface area contributed by atoms with Crippen LogP contribution in [0.1, 0.15) is 45.1 Å². The van der Waals surface area contributed by atoms with E-state index in [0.29, 0.717) is 6.71 Å². The summed E-state index contributed by atoms with van der Waals surface area (Å²) in [6.45, 7) is 5.41. The number of hydrogen-bond acceptors (Lipinski definition) is 2. The summed E-state index contributed by atoms with van der Waals surface area (Å²) >= 11 is 1.97. The first-order valence-corrected chi connectivity index (χ1v) is 13.2. The van der Waals surface area contributed by atoms with Gasteiger partial charge < -0.3 is 4.90 Å². The van der Waals surface area contributed by atoms with E-state index in [1.807, 2.05) is 11.8 Å². The van der Waals surface area contributed by atoms with Gasteiger partial charge in [0, 0.05) is 26.6 Å². The van der Waals surface area contributed by atoms with Gasteiger partial charge in [-0.1, -0.05) is 91.6 Å². The van der Waals surface area contributed by atoms with Gasteiger partial charge >= 0.3 is 0 Å². The van der Waals surface area contributed by atoms with Crippen LogP contribution in [0.3, 0.4) is 0 Å². The van der Waals surface area contributed by atoms with Crippen molar-refractivity contribution in [3.63, 3.8) is 0 Å². The van der Waals surface area contributed by atoms with Gasteiger partial charge in [0.15, 0.2) is 0 Å². The summed E-state index contributed by atoms with van der Waals surface area (Å²) in [6, 6.07) is 28.0. The highest BCUT2D eigenvalue weighted by atomic mass is 32.2. The van der Waals surface area contributed by atoms with Crippen molar-refractivity contribution in [3.05, 3.63) is 78.4 Å². The molecule has 3 heteroatoms. The lowest BCUT2D eigenvalue weighted by molar-refractivity contribution is 0.195. The molecule has 2 atom stereocenters. The molecule has 1 saturated carbocycles. The lowest BCUT2D eigenvalue weighted by Crippen LogP contribution is -2.63. The lowest BCUT2D eigenvalue weighted by atomic mass is 9.34. The Hall–Kier alpha value is -2.65. The van der Waals surface area contributed by atoms with E-state index < -0.39 is 0 Å². The smallest absolute Gasteiger partial charge is 0.249 e. The lowest BCUT2D eigenvalue weighted by Gasteiger charge is -2.52. The summed E-state index contributed by atoms with van der Waals surface area (Å²) in [4.78, 5) is 5.64. The van der Waals surface area contributed by atoms with E-state index in [4.69, 9.17) is 0 Å². The second-order valence-corrected chi connectivity index (χ2v) is 11.9. The maximum absolute atomic E-state index is 2.79. The van der Waals surface area contributed by atoms with Crippen molar-refractivity contribution in [2.45, 2.75) is 60.3 Å². The molecule has 0 saturated heterocycles. The fourth-order valence-corrected chi connectivity index (χ4v) is 8.85. The molecule has 4 aromatic carbocycles. The molecule has 3 aliphatic heterocycles. The molecular formula is C30H26BNS. The van der Waals surface area contributed by atoms with Gasteiger partial charge in [-0.2, -0.15) is 0 Å². The third-order valence-electron chi connectivity index (χ3n) is 9.45. The van der Waals surface area contributed by atoms with Crippen molar-refractivity contribution in [2.75, 3.05) is 4.90 Å². The highest BCUT2D eigenvalue weighted by Gasteiger charge is 2.60. The van der Waals surface area contributed by atoms with E-state index in [2.05, 4.69) is 91.5 Å². The minimum Gasteiger partial charge on any atom is -0.335 e. The summed E-state index contributed by atoms with van der Waals surface area (Å²) in [5.74, 6) is 0. The van der Waals surface area contributed by atoms with E-state index in [0.717, 1.165) is 0 Å². The topological polar surface area (TPSA) is 3.24 Å². The average Bonchev–Trinajstić information content (AvgIpc) is 3.05. The van der Waals surface area contributed by atoms with Crippen LogP contribution in [0.15, 0.2) is 82.6 Å². The van der Waals surface area contributed by atoms with Gasteiger partial charge in [0.2, 0.25) is 6.71 Å². The Morgan fingerprint density at radius 3 is 2.45 bits per heavy atom. The third-order valence-corrected chi connectivity index (χ3v) is 10.6. The minimum atomic E-state index is 0.137. The van der Waals surface area contributed by atoms with Crippen molar-refractivity contribution < 1.29 is 0 Å². The van der Waals surface area contributed by atoms with Crippen LogP contribution in [0, 0.1) is 0 Å². The van der Waals surface area contributed by atoms with Crippen LogP contribution in [0.5, 0.6) is 0 Å².